The van der Waals surface area contributed by atoms with Crippen LogP contribution in [0, 0.1) is 5.82 Å². The van der Waals surface area contributed by atoms with Crippen LogP contribution in [0.15, 0.2) is 65.4 Å². The molecule has 0 saturated carbocycles. The number of halogens is 4. The van der Waals surface area contributed by atoms with E-state index in [0.29, 0.717) is 45.3 Å². The second-order valence-corrected chi connectivity index (χ2v) is 10.3. The van der Waals surface area contributed by atoms with Crippen molar-refractivity contribution in [3.63, 3.8) is 0 Å². The molecule has 11 heteroatoms. The highest BCUT2D eigenvalue weighted by molar-refractivity contribution is 7.11. The Hall–Kier alpha value is -2.95. The third-order valence-electron chi connectivity index (χ3n) is 6.46. The van der Waals surface area contributed by atoms with Gasteiger partial charge in [-0.3, -0.25) is 4.99 Å². The molecule has 0 bridgehead atoms. The minimum absolute atomic E-state index is 0.185. The number of nitrogens with two attached hydrogens (primary N) is 1. The van der Waals surface area contributed by atoms with E-state index in [9.17, 15) is 13.2 Å². The molecule has 6 nitrogen and oxygen atoms in total. The smallest absolute Gasteiger partial charge is 0.326 e. The monoisotopic (exact) mass is 532 g/mol. The van der Waals surface area contributed by atoms with Crippen molar-refractivity contribution in [3.8, 4) is 0 Å². The van der Waals surface area contributed by atoms with E-state index in [1.165, 1.54) is 35.7 Å². The maximum atomic E-state index is 13.9. The maximum absolute atomic E-state index is 13.9. The average molecular weight is 533 g/mol. The molecule has 5 rings (SSSR count). The number of aromatic nitrogens is 3. The molecule has 0 spiro atoms. The standard InChI is InChI=1S/C25H24ClF3N6S/c1-2-3-4-8-25(30)13-19-20(18-7-10-35(33-18)24(28)29)21(16-6-5-15(27)12-17(16)26)32-22(34(19)14-25)23-31-9-11-36-23/h2,5-7,9-12,21,24H,1,3-4,8,13-14,30H2/t21-,25+/m0/s1. The quantitative estimate of drug-likeness (QED) is 0.277. The number of rotatable bonds is 8. The van der Waals surface area contributed by atoms with E-state index in [2.05, 4.69) is 16.7 Å². The van der Waals surface area contributed by atoms with Crippen molar-refractivity contribution in [2.75, 3.05) is 6.54 Å². The Morgan fingerprint density at radius 2 is 2.17 bits per heavy atom. The van der Waals surface area contributed by atoms with Gasteiger partial charge in [-0.1, -0.05) is 23.7 Å². The predicted molar refractivity (Wildman–Crippen MR) is 135 cm³/mol. The summed E-state index contributed by atoms with van der Waals surface area (Å²) in [5.74, 6) is 0.143. The number of unbranched alkanes of at least 4 members (excludes halogenated alkanes) is 1. The molecule has 0 unspecified atom stereocenters. The highest BCUT2D eigenvalue weighted by atomic mass is 35.5. The number of nitrogens with zero attached hydrogens (tertiary/aromatic N) is 5. The minimum atomic E-state index is -2.79. The molecule has 4 heterocycles. The van der Waals surface area contributed by atoms with Crippen LogP contribution in [0.1, 0.15) is 54.5 Å². The molecule has 2 aromatic heterocycles. The number of hydrogen-bond donors (Lipinski definition) is 1. The molecular formula is C25H24ClF3N6S. The van der Waals surface area contributed by atoms with Crippen LogP contribution in [-0.2, 0) is 0 Å². The fourth-order valence-electron chi connectivity index (χ4n) is 4.85. The van der Waals surface area contributed by atoms with Crippen LogP contribution < -0.4 is 5.73 Å². The lowest BCUT2D eigenvalue weighted by Crippen LogP contribution is -2.44. The van der Waals surface area contributed by atoms with Gasteiger partial charge in [0.2, 0.25) is 0 Å². The van der Waals surface area contributed by atoms with Crippen LogP contribution in [0.4, 0.5) is 13.2 Å². The van der Waals surface area contributed by atoms with E-state index in [4.69, 9.17) is 22.3 Å². The molecule has 0 radical (unpaired) electrons. The van der Waals surface area contributed by atoms with Crippen molar-refractivity contribution < 1.29 is 13.2 Å². The zero-order chi connectivity index (χ0) is 25.4. The van der Waals surface area contributed by atoms with E-state index < -0.39 is 23.9 Å². The molecular weight excluding hydrogens is 509 g/mol. The predicted octanol–water partition coefficient (Wildman–Crippen LogP) is 6.20. The number of allylic oxidation sites excluding steroid dienone is 1. The molecule has 1 saturated heterocycles. The summed E-state index contributed by atoms with van der Waals surface area (Å²) in [7, 11) is 0. The van der Waals surface area contributed by atoms with E-state index >= 15 is 0 Å². The summed E-state index contributed by atoms with van der Waals surface area (Å²) in [6, 6.07) is 4.93. The van der Waals surface area contributed by atoms with E-state index in [1.54, 1.807) is 12.3 Å². The minimum Gasteiger partial charge on any atom is -0.326 e. The van der Waals surface area contributed by atoms with Gasteiger partial charge in [-0.2, -0.15) is 13.9 Å². The normalized spacial score (nSPS) is 21.8. The number of alkyl halides is 2. The van der Waals surface area contributed by atoms with E-state index in [-0.39, 0.29) is 5.02 Å². The average Bonchev–Trinajstić information content (AvgIpc) is 3.58. The van der Waals surface area contributed by atoms with Crippen molar-refractivity contribution in [1.82, 2.24) is 19.7 Å². The van der Waals surface area contributed by atoms with Gasteiger partial charge in [-0.15, -0.1) is 17.9 Å². The molecule has 2 N–H and O–H groups in total. The SMILES string of the molecule is C=CCCC[C@@]1(N)CC2=C(c3ccn(C(F)F)n3)[C@H](c3ccc(F)cc3Cl)N=C(c3nccs3)N2C1. The van der Waals surface area contributed by atoms with Gasteiger partial charge in [0.1, 0.15) is 11.9 Å². The van der Waals surface area contributed by atoms with Crippen molar-refractivity contribution >= 4 is 34.3 Å². The van der Waals surface area contributed by atoms with Gasteiger partial charge in [0.25, 0.3) is 0 Å². The van der Waals surface area contributed by atoms with Gasteiger partial charge in [0, 0.05) is 58.1 Å². The Bertz CT molecular complexity index is 1340. The molecule has 36 heavy (non-hydrogen) atoms. The number of thiazole rings is 1. The summed E-state index contributed by atoms with van der Waals surface area (Å²) in [5.41, 5.74) is 8.67. The number of amidine groups is 1. The molecule has 0 aliphatic carbocycles. The summed E-state index contributed by atoms with van der Waals surface area (Å²) >= 11 is 7.93. The van der Waals surface area contributed by atoms with Gasteiger partial charge in [-0.25, -0.2) is 14.1 Å². The molecule has 2 aliphatic rings. The molecule has 2 atom stereocenters. The molecule has 2 aliphatic heterocycles. The first-order valence-electron chi connectivity index (χ1n) is 11.5. The highest BCUT2D eigenvalue weighted by Crippen LogP contribution is 2.48. The number of aliphatic imine (C=N–C) groups is 1. The van der Waals surface area contributed by atoms with Gasteiger partial charge in [0.05, 0.1) is 5.69 Å². The second-order valence-electron chi connectivity index (χ2n) is 8.98. The van der Waals surface area contributed by atoms with E-state index in [1.807, 2.05) is 16.4 Å². The molecule has 0 amide bonds. The number of fused-ring (bicyclic) bond motifs is 1. The van der Waals surface area contributed by atoms with Crippen LogP contribution in [0.2, 0.25) is 5.02 Å². The van der Waals surface area contributed by atoms with Crippen LogP contribution in [0.25, 0.3) is 5.57 Å². The van der Waals surface area contributed by atoms with Gasteiger partial charge >= 0.3 is 6.55 Å². The van der Waals surface area contributed by atoms with Crippen LogP contribution in [0.3, 0.4) is 0 Å². The fourth-order valence-corrected chi connectivity index (χ4v) is 5.76. The van der Waals surface area contributed by atoms with Crippen molar-refractivity contribution in [1.29, 1.82) is 0 Å². The number of benzene rings is 1. The van der Waals surface area contributed by atoms with E-state index in [0.717, 1.165) is 25.0 Å². The Morgan fingerprint density at radius 1 is 1.33 bits per heavy atom. The molecule has 1 aromatic carbocycles. The molecule has 3 aromatic rings. The first kappa shape index (κ1) is 24.7. The summed E-state index contributed by atoms with van der Waals surface area (Å²) in [6.07, 6.45) is 7.73. The molecule has 188 valence electrons. The number of hydrogen-bond acceptors (Lipinski definition) is 6. The fraction of sp³-hybridized carbons (Fsp3) is 0.320. The Morgan fingerprint density at radius 3 is 2.83 bits per heavy atom. The summed E-state index contributed by atoms with van der Waals surface area (Å²) in [6.45, 7) is 1.49. The largest absolute Gasteiger partial charge is 0.333 e. The zero-order valence-electron chi connectivity index (χ0n) is 19.2. The first-order chi connectivity index (χ1) is 17.3. The zero-order valence-corrected chi connectivity index (χ0v) is 20.8. The van der Waals surface area contributed by atoms with Gasteiger partial charge < -0.3 is 10.6 Å². The Kier molecular flexibility index (Phi) is 6.76. The summed E-state index contributed by atoms with van der Waals surface area (Å²) < 4.78 is 41.4. The van der Waals surface area contributed by atoms with Gasteiger partial charge in [0.15, 0.2) is 10.8 Å². The topological polar surface area (TPSA) is 72.3 Å². The third-order valence-corrected chi connectivity index (χ3v) is 7.55. The summed E-state index contributed by atoms with van der Waals surface area (Å²) in [5, 5.41) is 6.90. The first-order valence-corrected chi connectivity index (χ1v) is 12.7. The second kappa shape index (κ2) is 9.84. The maximum Gasteiger partial charge on any atom is 0.333 e. The third kappa shape index (κ3) is 4.60. The highest BCUT2D eigenvalue weighted by Gasteiger charge is 2.45. The lowest BCUT2D eigenvalue weighted by molar-refractivity contribution is 0.0564. The molecule has 1 fully saturated rings. The lowest BCUT2D eigenvalue weighted by atomic mass is 9.88. The Balaban J connectivity index is 1.70. The van der Waals surface area contributed by atoms with Crippen LogP contribution in [-0.4, -0.2) is 37.6 Å². The summed E-state index contributed by atoms with van der Waals surface area (Å²) in [4.78, 5) is 11.5. The van der Waals surface area contributed by atoms with Gasteiger partial charge in [-0.05, 0) is 37.5 Å². The van der Waals surface area contributed by atoms with Crippen LogP contribution in [0.5, 0.6) is 0 Å². The van der Waals surface area contributed by atoms with Crippen LogP contribution >= 0.6 is 22.9 Å². The van der Waals surface area contributed by atoms with Crippen molar-refractivity contribution in [3.05, 3.63) is 87.5 Å². The van der Waals surface area contributed by atoms with Crippen molar-refractivity contribution in [2.24, 2.45) is 10.7 Å². The lowest BCUT2D eigenvalue weighted by Gasteiger charge is -2.32. The van der Waals surface area contributed by atoms with Crippen molar-refractivity contribution in [2.45, 2.75) is 43.8 Å². The Labute approximate surface area is 215 Å².